The second-order valence-electron chi connectivity index (χ2n) is 4.96. The number of hydrogen-bond donors (Lipinski definition) is 2. The Bertz CT molecular complexity index is 197. The van der Waals surface area contributed by atoms with E-state index >= 15 is 0 Å². The Labute approximate surface area is 87.6 Å². The maximum absolute atomic E-state index is 11.8. The highest BCUT2D eigenvalue weighted by Gasteiger charge is 2.29. The van der Waals surface area contributed by atoms with Gasteiger partial charge in [0.05, 0.1) is 5.54 Å². The number of hydrogen-bond acceptors (Lipinski definition) is 2. The summed E-state index contributed by atoms with van der Waals surface area (Å²) in [7, 11) is 1.80. The van der Waals surface area contributed by atoms with E-state index in [1.54, 1.807) is 7.05 Å². The van der Waals surface area contributed by atoms with Gasteiger partial charge in [-0.05, 0) is 41.2 Å². The smallest absolute Gasteiger partial charge is 0.240 e. The lowest BCUT2D eigenvalue weighted by Gasteiger charge is -2.31. The second-order valence-corrected chi connectivity index (χ2v) is 4.96. The van der Waals surface area contributed by atoms with Gasteiger partial charge in [0.1, 0.15) is 0 Å². The average molecular weight is 200 g/mol. The monoisotopic (exact) mass is 200 g/mol. The minimum Gasteiger partial charge on any atom is -0.350 e. The first kappa shape index (κ1) is 13.4. The molecule has 0 aliphatic heterocycles. The van der Waals surface area contributed by atoms with Crippen LogP contribution in [0.1, 0.15) is 47.5 Å². The number of likely N-dealkylation sites (N-methyl/N-ethyl adjacent to an activating group) is 1. The standard InChI is InChI=1S/C11H24N2O/c1-7-8-10(2,3)13-9(14)11(4,5)12-6/h12H,7-8H2,1-6H3,(H,13,14). The van der Waals surface area contributed by atoms with Crippen molar-refractivity contribution in [1.82, 2.24) is 10.6 Å². The molecular formula is C11H24N2O. The quantitative estimate of drug-likeness (QED) is 0.709. The van der Waals surface area contributed by atoms with E-state index in [1.165, 1.54) is 0 Å². The molecule has 3 heteroatoms. The Hall–Kier alpha value is -0.570. The molecule has 0 fully saturated rings. The zero-order valence-electron chi connectivity index (χ0n) is 10.3. The minimum atomic E-state index is -0.495. The molecule has 0 saturated heterocycles. The van der Waals surface area contributed by atoms with Crippen LogP contribution in [-0.4, -0.2) is 24.0 Å². The lowest BCUT2D eigenvalue weighted by Crippen LogP contribution is -2.56. The largest absolute Gasteiger partial charge is 0.350 e. The van der Waals surface area contributed by atoms with Crippen LogP contribution in [0.3, 0.4) is 0 Å². The average Bonchev–Trinajstić information content (AvgIpc) is 2.03. The van der Waals surface area contributed by atoms with Crippen LogP contribution < -0.4 is 10.6 Å². The summed E-state index contributed by atoms with van der Waals surface area (Å²) in [5.74, 6) is 0.0541. The van der Waals surface area contributed by atoms with E-state index in [1.807, 2.05) is 13.8 Å². The number of nitrogens with one attached hydrogen (secondary N) is 2. The molecule has 0 aromatic carbocycles. The molecule has 0 bridgehead atoms. The van der Waals surface area contributed by atoms with E-state index in [4.69, 9.17) is 0 Å². The van der Waals surface area contributed by atoms with Gasteiger partial charge in [0.25, 0.3) is 0 Å². The van der Waals surface area contributed by atoms with Crippen molar-refractivity contribution in [3.63, 3.8) is 0 Å². The van der Waals surface area contributed by atoms with Crippen molar-refractivity contribution in [3.05, 3.63) is 0 Å². The van der Waals surface area contributed by atoms with Gasteiger partial charge in [-0.25, -0.2) is 0 Å². The highest BCUT2D eigenvalue weighted by molar-refractivity contribution is 5.85. The Morgan fingerprint density at radius 1 is 1.21 bits per heavy atom. The second kappa shape index (κ2) is 4.78. The first-order valence-electron chi connectivity index (χ1n) is 5.26. The Balaban J connectivity index is 4.31. The lowest BCUT2D eigenvalue weighted by molar-refractivity contribution is -0.128. The van der Waals surface area contributed by atoms with E-state index in [0.717, 1.165) is 12.8 Å². The number of amides is 1. The summed E-state index contributed by atoms with van der Waals surface area (Å²) in [5, 5.41) is 6.04. The van der Waals surface area contributed by atoms with Gasteiger partial charge >= 0.3 is 0 Å². The molecule has 0 aliphatic carbocycles. The molecule has 0 rings (SSSR count). The molecule has 2 N–H and O–H groups in total. The van der Waals surface area contributed by atoms with E-state index in [2.05, 4.69) is 31.4 Å². The van der Waals surface area contributed by atoms with Crippen molar-refractivity contribution in [2.75, 3.05) is 7.05 Å². The first-order chi connectivity index (χ1) is 6.25. The fourth-order valence-electron chi connectivity index (χ4n) is 1.26. The molecular weight excluding hydrogens is 176 g/mol. The van der Waals surface area contributed by atoms with Crippen LogP contribution >= 0.6 is 0 Å². The third-order valence-electron chi connectivity index (χ3n) is 2.52. The topological polar surface area (TPSA) is 41.1 Å². The molecule has 0 aliphatic rings. The maximum Gasteiger partial charge on any atom is 0.240 e. The van der Waals surface area contributed by atoms with Crippen LogP contribution in [-0.2, 0) is 4.79 Å². The summed E-state index contributed by atoms with van der Waals surface area (Å²) < 4.78 is 0. The van der Waals surface area contributed by atoms with Gasteiger partial charge in [-0.1, -0.05) is 13.3 Å². The fourth-order valence-corrected chi connectivity index (χ4v) is 1.26. The van der Waals surface area contributed by atoms with Crippen molar-refractivity contribution in [1.29, 1.82) is 0 Å². The summed E-state index contributed by atoms with van der Waals surface area (Å²) in [4.78, 5) is 11.8. The predicted molar refractivity (Wildman–Crippen MR) is 60.3 cm³/mol. The lowest BCUT2D eigenvalue weighted by atomic mass is 9.96. The normalized spacial score (nSPS) is 12.7. The van der Waals surface area contributed by atoms with Gasteiger partial charge in [0.2, 0.25) is 5.91 Å². The Morgan fingerprint density at radius 3 is 2.07 bits per heavy atom. The number of carbonyl (C=O) groups is 1. The van der Waals surface area contributed by atoms with Crippen molar-refractivity contribution in [2.24, 2.45) is 0 Å². The summed E-state index contributed by atoms with van der Waals surface area (Å²) in [6.07, 6.45) is 2.08. The van der Waals surface area contributed by atoms with Gasteiger partial charge in [0.15, 0.2) is 0 Å². The molecule has 0 radical (unpaired) electrons. The molecule has 0 aromatic heterocycles. The zero-order valence-corrected chi connectivity index (χ0v) is 10.3. The molecule has 1 amide bonds. The van der Waals surface area contributed by atoms with Crippen LogP contribution in [0.25, 0.3) is 0 Å². The highest BCUT2D eigenvalue weighted by Crippen LogP contribution is 2.12. The molecule has 0 atom stereocenters. The maximum atomic E-state index is 11.8. The van der Waals surface area contributed by atoms with Gasteiger partial charge in [0, 0.05) is 5.54 Å². The van der Waals surface area contributed by atoms with Gasteiger partial charge < -0.3 is 10.6 Å². The molecule has 0 spiro atoms. The van der Waals surface area contributed by atoms with Crippen LogP contribution in [0.5, 0.6) is 0 Å². The van der Waals surface area contributed by atoms with Gasteiger partial charge in [-0.3, -0.25) is 4.79 Å². The van der Waals surface area contributed by atoms with E-state index in [-0.39, 0.29) is 11.4 Å². The molecule has 14 heavy (non-hydrogen) atoms. The zero-order chi connectivity index (χ0) is 11.4. The highest BCUT2D eigenvalue weighted by atomic mass is 16.2. The SMILES string of the molecule is CCCC(C)(C)NC(=O)C(C)(C)NC. The van der Waals surface area contributed by atoms with Gasteiger partial charge in [-0.2, -0.15) is 0 Å². The summed E-state index contributed by atoms with van der Waals surface area (Å²) >= 11 is 0. The van der Waals surface area contributed by atoms with Crippen molar-refractivity contribution in [2.45, 2.75) is 58.5 Å². The van der Waals surface area contributed by atoms with E-state index < -0.39 is 5.54 Å². The van der Waals surface area contributed by atoms with Crippen LogP contribution in [0.2, 0.25) is 0 Å². The van der Waals surface area contributed by atoms with Crippen LogP contribution in [0.15, 0.2) is 0 Å². The fraction of sp³-hybridized carbons (Fsp3) is 0.909. The Kier molecular flexibility index (Phi) is 4.59. The van der Waals surface area contributed by atoms with E-state index in [0.29, 0.717) is 0 Å². The summed E-state index contributed by atoms with van der Waals surface area (Å²) in [6, 6.07) is 0. The molecule has 0 unspecified atom stereocenters. The predicted octanol–water partition coefficient (Wildman–Crippen LogP) is 1.68. The first-order valence-corrected chi connectivity index (χ1v) is 5.26. The van der Waals surface area contributed by atoms with Crippen molar-refractivity contribution < 1.29 is 4.79 Å². The number of carbonyl (C=O) groups excluding carboxylic acids is 1. The third-order valence-corrected chi connectivity index (χ3v) is 2.52. The molecule has 84 valence electrons. The Morgan fingerprint density at radius 2 is 1.71 bits per heavy atom. The third kappa shape index (κ3) is 4.09. The van der Waals surface area contributed by atoms with Gasteiger partial charge in [-0.15, -0.1) is 0 Å². The molecule has 3 nitrogen and oxygen atoms in total. The van der Waals surface area contributed by atoms with Crippen LogP contribution in [0, 0.1) is 0 Å². The summed E-state index contributed by atoms with van der Waals surface area (Å²) in [5.41, 5.74) is -0.606. The number of rotatable bonds is 5. The molecule has 0 heterocycles. The molecule has 0 aromatic rings. The van der Waals surface area contributed by atoms with Crippen molar-refractivity contribution in [3.8, 4) is 0 Å². The van der Waals surface area contributed by atoms with Crippen molar-refractivity contribution >= 4 is 5.91 Å². The van der Waals surface area contributed by atoms with E-state index in [9.17, 15) is 4.79 Å². The summed E-state index contributed by atoms with van der Waals surface area (Å²) in [6.45, 7) is 9.99. The minimum absolute atomic E-state index is 0.0541. The molecule has 0 saturated carbocycles. The van der Waals surface area contributed by atoms with Crippen LogP contribution in [0.4, 0.5) is 0 Å².